The number of ether oxygens (including phenoxy) is 1. The van der Waals surface area contributed by atoms with Crippen LogP contribution in [0.4, 0.5) is 0 Å². The third kappa shape index (κ3) is 3.68. The van der Waals surface area contributed by atoms with Crippen LogP contribution < -0.4 is 0 Å². The first-order valence-electron chi connectivity index (χ1n) is 3.20. The van der Waals surface area contributed by atoms with Crippen molar-refractivity contribution in [3.63, 3.8) is 0 Å². The number of hydrogen-bond donors (Lipinski definition) is 4. The summed E-state index contributed by atoms with van der Waals surface area (Å²) >= 11 is 0. The first-order valence-corrected chi connectivity index (χ1v) is 3.20. The van der Waals surface area contributed by atoms with Crippen LogP contribution in [0.15, 0.2) is 11.5 Å². The Morgan fingerprint density at radius 3 is 2.21 bits per heavy atom. The fourth-order valence-corrected chi connectivity index (χ4v) is 0.823. The van der Waals surface area contributed by atoms with E-state index in [2.05, 4.69) is 4.74 Å². The van der Waals surface area contributed by atoms with E-state index in [1.165, 1.54) is 0 Å². The molecule has 76 valence electrons. The molecule has 2 atom stereocenters. The molecule has 6 nitrogen and oxygen atoms in total. The Hall–Kier alpha value is 1.25. The average molecular weight is 260 g/mol. The van der Waals surface area contributed by atoms with Gasteiger partial charge < -0.3 is 30.9 Å². The summed E-state index contributed by atoms with van der Waals surface area (Å²) in [5, 5.41) is 35.0. The molecule has 0 aromatic carbocycles. The van der Waals surface area contributed by atoms with Crippen LogP contribution in [-0.4, -0.2) is 121 Å². The van der Waals surface area contributed by atoms with E-state index in [-0.39, 0.29) is 81.2 Å². The Labute approximate surface area is 145 Å². The molecule has 14 heavy (non-hydrogen) atoms. The number of rotatable bonds is 2. The number of carbonyl (C=O) groups excluding carboxylic acids is 1. The van der Waals surface area contributed by atoms with Gasteiger partial charge in [-0.25, -0.2) is 4.79 Å². The molecule has 1 heterocycles. The summed E-state index contributed by atoms with van der Waals surface area (Å²) in [5.74, 6) is -2.78. The van der Waals surface area contributed by atoms with Crippen molar-refractivity contribution in [2.75, 3.05) is 6.61 Å². The molecular formula is C6H12Ca2O6. The number of esters is 1. The van der Waals surface area contributed by atoms with E-state index >= 15 is 0 Å². The molecule has 0 saturated heterocycles. The van der Waals surface area contributed by atoms with Gasteiger partial charge in [0.2, 0.25) is 5.76 Å². The van der Waals surface area contributed by atoms with Crippen molar-refractivity contribution in [2.45, 2.75) is 12.2 Å². The zero-order chi connectivity index (χ0) is 9.30. The van der Waals surface area contributed by atoms with Crippen molar-refractivity contribution in [1.82, 2.24) is 0 Å². The molecule has 0 aliphatic carbocycles. The molecule has 0 bridgehead atoms. The molecule has 0 fully saturated rings. The Balaban J connectivity index is -0.0000000600. The van der Waals surface area contributed by atoms with Gasteiger partial charge in [0.25, 0.3) is 0 Å². The molecule has 1 aliphatic heterocycles. The molecule has 0 amide bonds. The van der Waals surface area contributed by atoms with Crippen molar-refractivity contribution in [2.24, 2.45) is 0 Å². The van der Waals surface area contributed by atoms with Gasteiger partial charge in [-0.2, -0.15) is 0 Å². The minimum Gasteiger partial charge on any atom is -1.00 e. The fourth-order valence-electron chi connectivity index (χ4n) is 0.823. The standard InChI is InChI=1S/C6H8O6.2Ca.4H/c7-1-2(8)5-3(9)4(10)6(11)12-5;;;;;;/h2,5,7-10H,1H2;;;;;;/q;2*+2;4*-1/t2?,5-;;;;;;/m1....../s1. The maximum absolute atomic E-state index is 10.5. The van der Waals surface area contributed by atoms with Crippen molar-refractivity contribution in [1.29, 1.82) is 0 Å². The molecular weight excluding hydrogens is 248 g/mol. The molecule has 0 aromatic heterocycles. The largest absolute Gasteiger partial charge is 2.00 e. The third-order valence-electron chi connectivity index (χ3n) is 1.48. The van der Waals surface area contributed by atoms with Gasteiger partial charge in [0.05, 0.1) is 6.61 Å². The number of aliphatic hydroxyl groups excluding tert-OH is 4. The summed E-state index contributed by atoms with van der Waals surface area (Å²) in [6.07, 6.45) is -2.78. The van der Waals surface area contributed by atoms with Gasteiger partial charge >= 0.3 is 81.4 Å². The Morgan fingerprint density at radius 1 is 1.43 bits per heavy atom. The Morgan fingerprint density at radius 2 is 1.93 bits per heavy atom. The van der Waals surface area contributed by atoms with E-state index in [1.807, 2.05) is 0 Å². The minimum atomic E-state index is -1.42. The summed E-state index contributed by atoms with van der Waals surface area (Å²) in [7, 11) is 0. The van der Waals surface area contributed by atoms with Crippen LogP contribution in [-0.2, 0) is 9.53 Å². The van der Waals surface area contributed by atoms with Crippen LogP contribution >= 0.6 is 0 Å². The second kappa shape index (κ2) is 7.51. The van der Waals surface area contributed by atoms with Crippen molar-refractivity contribution in [3.8, 4) is 0 Å². The Bertz CT molecular complexity index is 254. The smallest absolute Gasteiger partial charge is 1.00 e. The topological polar surface area (TPSA) is 107 Å². The first kappa shape index (κ1) is 17.6. The van der Waals surface area contributed by atoms with Gasteiger partial charge in [0.15, 0.2) is 11.9 Å². The third-order valence-corrected chi connectivity index (χ3v) is 1.48. The molecule has 4 N–H and O–H groups in total. The maximum atomic E-state index is 10.5. The molecule has 0 spiro atoms. The van der Waals surface area contributed by atoms with Gasteiger partial charge in [-0.1, -0.05) is 0 Å². The predicted molar refractivity (Wildman–Crippen MR) is 51.2 cm³/mol. The minimum absolute atomic E-state index is 0. The second-order valence-electron chi connectivity index (χ2n) is 2.31. The SMILES string of the molecule is O=C1O[C@H](C(O)CO)C(O)=C1O.[Ca+2].[Ca+2].[H-].[H-].[H-].[H-]. The quantitative estimate of drug-likeness (QED) is 0.347. The normalized spacial score (nSPS) is 22.1. The van der Waals surface area contributed by atoms with E-state index in [1.54, 1.807) is 0 Å². The fraction of sp³-hybridized carbons (Fsp3) is 0.500. The van der Waals surface area contributed by atoms with Crippen molar-refractivity contribution < 1.29 is 35.7 Å². The second-order valence-corrected chi connectivity index (χ2v) is 2.31. The van der Waals surface area contributed by atoms with E-state index in [4.69, 9.17) is 20.4 Å². The Kier molecular flexibility index (Phi) is 9.46. The van der Waals surface area contributed by atoms with Gasteiger partial charge in [0.1, 0.15) is 6.10 Å². The molecule has 0 radical (unpaired) electrons. The monoisotopic (exact) mass is 260 g/mol. The summed E-state index contributed by atoms with van der Waals surface area (Å²) in [5.41, 5.74) is 0. The predicted octanol–water partition coefficient (Wildman–Crippen LogP) is -1.72. The zero-order valence-corrected chi connectivity index (χ0v) is 11.8. The van der Waals surface area contributed by atoms with Crippen LogP contribution in [0.3, 0.4) is 0 Å². The van der Waals surface area contributed by atoms with Gasteiger partial charge in [-0.3, -0.25) is 0 Å². The van der Waals surface area contributed by atoms with Gasteiger partial charge in [-0.15, -0.1) is 0 Å². The molecule has 0 saturated carbocycles. The van der Waals surface area contributed by atoms with Crippen LogP contribution in [0.25, 0.3) is 0 Å². The summed E-state index contributed by atoms with van der Waals surface area (Å²) < 4.78 is 4.32. The van der Waals surface area contributed by atoms with Crippen molar-refractivity contribution in [3.05, 3.63) is 11.5 Å². The number of hydrogen-bond acceptors (Lipinski definition) is 6. The van der Waals surface area contributed by atoms with E-state index in [0.717, 1.165) is 0 Å². The van der Waals surface area contributed by atoms with Gasteiger partial charge in [0, 0.05) is 0 Å². The zero-order valence-electron chi connectivity index (χ0n) is 11.4. The van der Waals surface area contributed by atoms with Crippen molar-refractivity contribution >= 4 is 81.4 Å². The number of aliphatic hydroxyl groups is 4. The molecule has 1 unspecified atom stereocenters. The van der Waals surface area contributed by atoms with Crippen LogP contribution in [0.5, 0.6) is 0 Å². The molecule has 0 aromatic rings. The van der Waals surface area contributed by atoms with Crippen LogP contribution in [0.1, 0.15) is 5.71 Å². The molecule has 8 heteroatoms. The van der Waals surface area contributed by atoms with E-state index in [0.29, 0.717) is 0 Å². The number of cyclic esters (lactones) is 1. The van der Waals surface area contributed by atoms with Crippen LogP contribution in [0.2, 0.25) is 0 Å². The number of carbonyl (C=O) groups is 1. The molecule has 1 rings (SSSR count). The summed E-state index contributed by atoms with van der Waals surface area (Å²) in [6, 6.07) is 0. The van der Waals surface area contributed by atoms with Gasteiger partial charge in [-0.05, 0) is 0 Å². The van der Waals surface area contributed by atoms with E-state index < -0.39 is 36.3 Å². The molecule has 1 aliphatic rings. The summed E-state index contributed by atoms with van der Waals surface area (Å²) in [6.45, 7) is -0.671. The van der Waals surface area contributed by atoms with Crippen LogP contribution in [0, 0.1) is 0 Å². The first-order chi connectivity index (χ1) is 5.57. The maximum Gasteiger partial charge on any atom is 2.00 e. The summed E-state index contributed by atoms with van der Waals surface area (Å²) in [4.78, 5) is 10.5. The van der Waals surface area contributed by atoms with E-state index in [9.17, 15) is 4.79 Å². The average Bonchev–Trinajstić information content (AvgIpc) is 2.32.